The molecule has 0 bridgehead atoms. The fourth-order valence-corrected chi connectivity index (χ4v) is 3.59. The highest BCUT2D eigenvalue weighted by molar-refractivity contribution is 6.31. The zero-order chi connectivity index (χ0) is 26.3. The van der Waals surface area contributed by atoms with Crippen molar-refractivity contribution in [3.63, 3.8) is 0 Å². The minimum atomic E-state index is -5.08. The number of carbonyl (C=O) groups excluding carboxylic acids is 1. The normalized spacial score (nSPS) is 17.6. The summed E-state index contributed by atoms with van der Waals surface area (Å²) in [7, 11) is 3.83. The molecule has 3 N–H and O–H groups in total. The number of carboxylic acids is 1. The summed E-state index contributed by atoms with van der Waals surface area (Å²) in [5.41, 5.74) is 1.16. The van der Waals surface area contributed by atoms with Crippen LogP contribution in [0.1, 0.15) is 41.7 Å². The van der Waals surface area contributed by atoms with E-state index in [9.17, 15) is 22.4 Å². The van der Waals surface area contributed by atoms with Crippen molar-refractivity contribution in [2.45, 2.75) is 50.9 Å². The summed E-state index contributed by atoms with van der Waals surface area (Å²) in [6.07, 6.45) is -1.57. The van der Waals surface area contributed by atoms with Crippen molar-refractivity contribution in [3.8, 4) is 0 Å². The maximum atomic E-state index is 13.4. The smallest absolute Gasteiger partial charge is 0.475 e. The Labute approximate surface area is 204 Å². The molecule has 0 spiro atoms. The predicted octanol–water partition coefficient (Wildman–Crippen LogP) is 4.43. The lowest BCUT2D eigenvalue weighted by molar-refractivity contribution is -0.192. The molecule has 35 heavy (non-hydrogen) atoms. The van der Waals surface area contributed by atoms with Gasteiger partial charge in [-0.05, 0) is 50.8 Å². The molecule has 192 valence electrons. The van der Waals surface area contributed by atoms with Crippen LogP contribution in [0.4, 0.5) is 29.3 Å². The predicted molar refractivity (Wildman–Crippen MR) is 123 cm³/mol. The second kappa shape index (κ2) is 12.0. The third kappa shape index (κ3) is 9.19. The van der Waals surface area contributed by atoms with E-state index in [4.69, 9.17) is 21.5 Å². The third-order valence-electron chi connectivity index (χ3n) is 5.02. The van der Waals surface area contributed by atoms with E-state index in [2.05, 4.69) is 20.6 Å². The Morgan fingerprint density at radius 2 is 1.63 bits per heavy atom. The third-order valence-corrected chi connectivity index (χ3v) is 5.24. The van der Waals surface area contributed by atoms with Crippen molar-refractivity contribution < 1.29 is 32.3 Å². The van der Waals surface area contributed by atoms with Gasteiger partial charge in [0.2, 0.25) is 5.95 Å². The van der Waals surface area contributed by atoms with Crippen molar-refractivity contribution in [3.05, 3.63) is 46.4 Å². The minimum absolute atomic E-state index is 0.0667. The number of benzene rings is 1. The molecule has 1 aliphatic rings. The number of alkyl halides is 3. The number of carboxylic acid groups (broad SMARTS) is 1. The van der Waals surface area contributed by atoms with Crippen LogP contribution >= 0.6 is 11.6 Å². The van der Waals surface area contributed by atoms with Crippen LogP contribution in [0.2, 0.25) is 5.02 Å². The average molecular weight is 520 g/mol. The first-order valence-corrected chi connectivity index (χ1v) is 11.0. The first kappa shape index (κ1) is 28.1. The highest BCUT2D eigenvalue weighted by Crippen LogP contribution is 2.23. The topological polar surface area (TPSA) is 107 Å². The van der Waals surface area contributed by atoms with Crippen LogP contribution in [0.3, 0.4) is 0 Å². The highest BCUT2D eigenvalue weighted by atomic mass is 35.5. The Morgan fingerprint density at radius 3 is 2.14 bits per heavy atom. The molecule has 2 aromatic rings. The maximum absolute atomic E-state index is 13.4. The Bertz CT molecular complexity index is 1020. The zero-order valence-electron chi connectivity index (χ0n) is 19.3. The molecule has 1 aliphatic carbocycles. The van der Waals surface area contributed by atoms with Crippen LogP contribution in [-0.2, 0) is 4.79 Å². The Hall–Kier alpha value is -3.15. The van der Waals surface area contributed by atoms with Crippen molar-refractivity contribution in [2.24, 2.45) is 0 Å². The molecular formula is C22H26ClF4N5O3. The van der Waals surface area contributed by atoms with Crippen molar-refractivity contribution >= 4 is 35.2 Å². The lowest BCUT2D eigenvalue weighted by atomic mass is 9.91. The number of aryl methyl sites for hydroxylation is 1. The number of hydrogen-bond donors (Lipinski definition) is 3. The van der Waals surface area contributed by atoms with Crippen LogP contribution in [0.5, 0.6) is 0 Å². The molecule has 0 saturated heterocycles. The number of aromatic nitrogens is 2. The zero-order valence-corrected chi connectivity index (χ0v) is 20.0. The number of hydrogen-bond acceptors (Lipinski definition) is 6. The summed E-state index contributed by atoms with van der Waals surface area (Å²) in [5.74, 6) is -2.06. The first-order valence-electron chi connectivity index (χ1n) is 10.6. The molecule has 1 amide bonds. The quantitative estimate of drug-likeness (QED) is 0.502. The number of anilines is 2. The molecule has 0 unspecified atom stereocenters. The van der Waals surface area contributed by atoms with Crippen LogP contribution in [0.15, 0.2) is 24.3 Å². The van der Waals surface area contributed by atoms with Gasteiger partial charge in [0.25, 0.3) is 5.91 Å². The van der Waals surface area contributed by atoms with Gasteiger partial charge in [-0.1, -0.05) is 11.6 Å². The van der Waals surface area contributed by atoms with Gasteiger partial charge in [-0.25, -0.2) is 14.2 Å². The lowest BCUT2D eigenvalue weighted by Gasteiger charge is -2.30. The number of aliphatic carboxylic acids is 1. The first-order chi connectivity index (χ1) is 16.2. The molecule has 8 nitrogen and oxygen atoms in total. The van der Waals surface area contributed by atoms with E-state index in [1.165, 1.54) is 18.2 Å². The van der Waals surface area contributed by atoms with Gasteiger partial charge in [0.05, 0.1) is 0 Å². The van der Waals surface area contributed by atoms with Gasteiger partial charge in [0.1, 0.15) is 11.6 Å². The molecular weight excluding hydrogens is 494 g/mol. The number of halogens is 5. The van der Waals surface area contributed by atoms with Gasteiger partial charge in [-0.15, -0.1) is 0 Å². The van der Waals surface area contributed by atoms with Gasteiger partial charge in [0, 0.05) is 48.5 Å². The second-order valence-corrected chi connectivity index (χ2v) is 8.65. The number of rotatable bonds is 5. The molecule has 3 rings (SSSR count). The summed E-state index contributed by atoms with van der Waals surface area (Å²) in [6, 6.07) is 6.17. The summed E-state index contributed by atoms with van der Waals surface area (Å²) in [6.45, 7) is 1.95. The van der Waals surface area contributed by atoms with Gasteiger partial charge in [-0.2, -0.15) is 18.2 Å². The number of nitrogens with one attached hydrogen (secondary N) is 2. The van der Waals surface area contributed by atoms with Crippen molar-refractivity contribution in [2.75, 3.05) is 24.3 Å². The van der Waals surface area contributed by atoms with Gasteiger partial charge in [0.15, 0.2) is 0 Å². The Kier molecular flexibility index (Phi) is 9.64. The highest BCUT2D eigenvalue weighted by Gasteiger charge is 2.38. The van der Waals surface area contributed by atoms with Crippen molar-refractivity contribution in [1.82, 2.24) is 15.3 Å². The van der Waals surface area contributed by atoms with E-state index < -0.39 is 18.0 Å². The molecule has 13 heteroatoms. The molecule has 1 fully saturated rings. The van der Waals surface area contributed by atoms with Crippen LogP contribution in [0.25, 0.3) is 0 Å². The number of amides is 1. The molecule has 0 aliphatic heterocycles. The minimum Gasteiger partial charge on any atom is -0.475 e. The SMILES string of the molecule is Cc1cc(NC2CCC(NC(=O)c3cc(F)cc(Cl)c3)CC2)nc(N(C)C)n1.O=C(O)C(F)(F)F. The monoisotopic (exact) mass is 519 g/mol. The average Bonchev–Trinajstić information content (AvgIpc) is 2.73. The Morgan fingerprint density at radius 1 is 1.06 bits per heavy atom. The summed E-state index contributed by atoms with van der Waals surface area (Å²) >= 11 is 5.83. The van der Waals surface area contributed by atoms with Gasteiger partial charge >= 0.3 is 12.1 Å². The van der Waals surface area contributed by atoms with Crippen LogP contribution < -0.4 is 15.5 Å². The van der Waals surface area contributed by atoms with E-state index in [1.807, 2.05) is 32.0 Å². The van der Waals surface area contributed by atoms with E-state index >= 15 is 0 Å². The second-order valence-electron chi connectivity index (χ2n) is 8.22. The fourth-order valence-electron chi connectivity index (χ4n) is 3.37. The van der Waals surface area contributed by atoms with E-state index in [0.717, 1.165) is 37.2 Å². The summed E-state index contributed by atoms with van der Waals surface area (Å²) in [4.78, 5) is 32.1. The lowest BCUT2D eigenvalue weighted by Crippen LogP contribution is -2.40. The van der Waals surface area contributed by atoms with Gasteiger partial charge < -0.3 is 20.6 Å². The van der Waals surface area contributed by atoms with E-state index in [1.54, 1.807) is 0 Å². The fraction of sp³-hybridized carbons (Fsp3) is 0.455. The number of nitrogens with zero attached hydrogens (tertiary/aromatic N) is 3. The maximum Gasteiger partial charge on any atom is 0.490 e. The molecule has 1 aromatic heterocycles. The van der Waals surface area contributed by atoms with E-state index in [-0.39, 0.29) is 22.5 Å². The van der Waals surface area contributed by atoms with E-state index in [0.29, 0.717) is 12.0 Å². The van der Waals surface area contributed by atoms with Gasteiger partial charge in [-0.3, -0.25) is 4.79 Å². The summed E-state index contributed by atoms with van der Waals surface area (Å²) < 4.78 is 45.2. The molecule has 1 heterocycles. The number of carbonyl (C=O) groups is 2. The van der Waals surface area contributed by atoms with Crippen LogP contribution in [-0.4, -0.2) is 59.3 Å². The molecule has 0 radical (unpaired) electrons. The molecule has 1 saturated carbocycles. The standard InChI is InChI=1S/C20H25ClFN5O.C2HF3O2/c1-12-8-18(26-20(23-12)27(2)3)24-16-4-6-17(7-5-16)25-19(28)13-9-14(21)11-15(22)10-13;3-2(4,5)1(6)7/h8-11,16-17H,4-7H2,1-3H3,(H,25,28)(H,23,24,26);(H,6,7). The van der Waals surface area contributed by atoms with Crippen LogP contribution in [0, 0.1) is 12.7 Å². The van der Waals surface area contributed by atoms with Crippen molar-refractivity contribution in [1.29, 1.82) is 0 Å². The summed E-state index contributed by atoms with van der Waals surface area (Å²) in [5, 5.41) is 13.8. The molecule has 0 atom stereocenters. The largest absolute Gasteiger partial charge is 0.490 e. The molecule has 1 aromatic carbocycles. The Balaban J connectivity index is 0.000000540.